The van der Waals surface area contributed by atoms with Gasteiger partial charge < -0.3 is 9.47 Å². The van der Waals surface area contributed by atoms with Gasteiger partial charge in [0.15, 0.2) is 11.6 Å². The zero-order valence-corrected chi connectivity index (χ0v) is 10.7. The summed E-state index contributed by atoms with van der Waals surface area (Å²) in [5, 5.41) is 0. The van der Waals surface area contributed by atoms with Gasteiger partial charge in [0.2, 0.25) is 0 Å². The van der Waals surface area contributed by atoms with E-state index in [1.54, 1.807) is 43.5 Å². The molecule has 2 rings (SSSR count). The Labute approximate surface area is 107 Å². The molecular weight excluding hydrogens is 287 g/mol. The highest BCUT2D eigenvalue weighted by Gasteiger charge is 2.05. The number of benzene rings is 2. The Hall–Kier alpha value is -1.55. The van der Waals surface area contributed by atoms with Gasteiger partial charge in [-0.2, -0.15) is 0 Å². The van der Waals surface area contributed by atoms with Gasteiger partial charge in [0.05, 0.1) is 7.11 Å². The third-order valence-corrected chi connectivity index (χ3v) is 2.66. The molecule has 17 heavy (non-hydrogen) atoms. The lowest BCUT2D eigenvalue weighted by Gasteiger charge is -2.08. The molecule has 2 aromatic rings. The van der Waals surface area contributed by atoms with Crippen LogP contribution < -0.4 is 9.47 Å². The van der Waals surface area contributed by atoms with Crippen molar-refractivity contribution in [1.29, 1.82) is 0 Å². The van der Waals surface area contributed by atoms with Gasteiger partial charge in [-0.3, -0.25) is 0 Å². The van der Waals surface area contributed by atoms with Crippen molar-refractivity contribution in [2.45, 2.75) is 0 Å². The summed E-state index contributed by atoms with van der Waals surface area (Å²) in [7, 11) is 1.57. The van der Waals surface area contributed by atoms with Crippen LogP contribution in [0.3, 0.4) is 0 Å². The van der Waals surface area contributed by atoms with Crippen LogP contribution in [0.15, 0.2) is 46.9 Å². The molecule has 0 spiro atoms. The monoisotopic (exact) mass is 296 g/mol. The maximum Gasteiger partial charge on any atom is 0.166 e. The Morgan fingerprint density at radius 2 is 1.82 bits per heavy atom. The highest BCUT2D eigenvalue weighted by molar-refractivity contribution is 9.10. The molecule has 0 aliphatic carbocycles. The van der Waals surface area contributed by atoms with E-state index in [2.05, 4.69) is 15.9 Å². The van der Waals surface area contributed by atoms with E-state index in [0.29, 0.717) is 16.0 Å². The number of rotatable bonds is 3. The smallest absolute Gasteiger partial charge is 0.166 e. The minimum atomic E-state index is -0.415. The summed E-state index contributed by atoms with van der Waals surface area (Å²) in [6.07, 6.45) is 0. The van der Waals surface area contributed by atoms with Crippen molar-refractivity contribution in [3.63, 3.8) is 0 Å². The molecular formula is C13H10BrFO2. The van der Waals surface area contributed by atoms with E-state index in [-0.39, 0.29) is 5.75 Å². The Kier molecular flexibility index (Phi) is 3.64. The predicted octanol–water partition coefficient (Wildman–Crippen LogP) is 4.39. The Balaban J connectivity index is 2.25. The van der Waals surface area contributed by atoms with Gasteiger partial charge >= 0.3 is 0 Å². The molecule has 0 aliphatic rings. The van der Waals surface area contributed by atoms with Gasteiger partial charge in [0.1, 0.15) is 11.5 Å². The maximum atomic E-state index is 13.5. The second kappa shape index (κ2) is 5.19. The van der Waals surface area contributed by atoms with Crippen LogP contribution in [0.25, 0.3) is 0 Å². The third-order valence-electron chi connectivity index (χ3n) is 2.16. The van der Waals surface area contributed by atoms with E-state index < -0.39 is 5.82 Å². The quantitative estimate of drug-likeness (QED) is 0.836. The zero-order chi connectivity index (χ0) is 12.3. The third kappa shape index (κ3) is 2.97. The average molecular weight is 297 g/mol. The SMILES string of the molecule is COc1cccc(Oc2ccc(Br)cc2F)c1. The summed E-state index contributed by atoms with van der Waals surface area (Å²) in [6.45, 7) is 0. The van der Waals surface area contributed by atoms with E-state index in [1.165, 1.54) is 6.07 Å². The van der Waals surface area contributed by atoms with Crippen molar-refractivity contribution >= 4 is 15.9 Å². The van der Waals surface area contributed by atoms with E-state index >= 15 is 0 Å². The molecule has 88 valence electrons. The van der Waals surface area contributed by atoms with Gasteiger partial charge in [0, 0.05) is 10.5 Å². The van der Waals surface area contributed by atoms with Crippen molar-refractivity contribution in [2.75, 3.05) is 7.11 Å². The lowest BCUT2D eigenvalue weighted by Crippen LogP contribution is -1.89. The van der Waals surface area contributed by atoms with Crippen LogP contribution in [0.4, 0.5) is 4.39 Å². The standard InChI is InChI=1S/C13H10BrFO2/c1-16-10-3-2-4-11(8-10)17-13-6-5-9(14)7-12(13)15/h2-8H,1H3. The number of hydrogen-bond donors (Lipinski definition) is 0. The molecule has 0 saturated carbocycles. The average Bonchev–Trinajstić information content (AvgIpc) is 2.33. The van der Waals surface area contributed by atoms with Gasteiger partial charge in [0.25, 0.3) is 0 Å². The molecule has 0 radical (unpaired) electrons. The summed E-state index contributed by atoms with van der Waals surface area (Å²) in [5.74, 6) is 0.967. The minimum absolute atomic E-state index is 0.182. The van der Waals surface area contributed by atoms with E-state index in [1.807, 2.05) is 0 Å². The summed E-state index contributed by atoms with van der Waals surface area (Å²) in [5.41, 5.74) is 0. The summed E-state index contributed by atoms with van der Waals surface area (Å²) >= 11 is 3.19. The molecule has 0 bridgehead atoms. The van der Waals surface area contributed by atoms with Crippen molar-refractivity contribution in [1.82, 2.24) is 0 Å². The molecule has 0 N–H and O–H groups in total. The molecule has 0 saturated heterocycles. The van der Waals surface area contributed by atoms with Crippen LogP contribution in [-0.4, -0.2) is 7.11 Å². The van der Waals surface area contributed by atoms with Gasteiger partial charge in [-0.15, -0.1) is 0 Å². The highest BCUT2D eigenvalue weighted by Crippen LogP contribution is 2.28. The van der Waals surface area contributed by atoms with Crippen LogP contribution in [0.1, 0.15) is 0 Å². The van der Waals surface area contributed by atoms with Gasteiger partial charge in [-0.25, -0.2) is 4.39 Å². The lowest BCUT2D eigenvalue weighted by molar-refractivity contribution is 0.405. The fourth-order valence-electron chi connectivity index (χ4n) is 1.35. The fourth-order valence-corrected chi connectivity index (χ4v) is 1.68. The number of halogens is 2. The number of methoxy groups -OCH3 is 1. The highest BCUT2D eigenvalue weighted by atomic mass is 79.9. The van der Waals surface area contributed by atoms with E-state index in [0.717, 1.165) is 0 Å². The van der Waals surface area contributed by atoms with E-state index in [9.17, 15) is 4.39 Å². The Bertz CT molecular complexity index is 529. The minimum Gasteiger partial charge on any atom is -0.497 e. The summed E-state index contributed by atoms with van der Waals surface area (Å²) in [6, 6.07) is 11.7. The molecule has 2 aromatic carbocycles. The Morgan fingerprint density at radius 3 is 2.53 bits per heavy atom. The van der Waals surface area contributed by atoms with Crippen molar-refractivity contribution in [2.24, 2.45) is 0 Å². The lowest BCUT2D eigenvalue weighted by atomic mass is 10.3. The van der Waals surface area contributed by atoms with Gasteiger partial charge in [-0.1, -0.05) is 22.0 Å². The molecule has 4 heteroatoms. The second-order valence-corrected chi connectivity index (χ2v) is 4.27. The summed E-state index contributed by atoms with van der Waals surface area (Å²) < 4.78 is 24.7. The van der Waals surface area contributed by atoms with E-state index in [4.69, 9.17) is 9.47 Å². The molecule has 0 fully saturated rings. The molecule has 0 atom stereocenters. The Morgan fingerprint density at radius 1 is 1.06 bits per heavy atom. The molecule has 0 aromatic heterocycles. The van der Waals surface area contributed by atoms with Gasteiger partial charge in [-0.05, 0) is 30.3 Å². The second-order valence-electron chi connectivity index (χ2n) is 3.36. The van der Waals surface area contributed by atoms with Crippen LogP contribution in [-0.2, 0) is 0 Å². The first kappa shape index (κ1) is 11.9. The van der Waals surface area contributed by atoms with Crippen LogP contribution in [0.2, 0.25) is 0 Å². The topological polar surface area (TPSA) is 18.5 Å². The number of ether oxygens (including phenoxy) is 2. The first-order chi connectivity index (χ1) is 8.19. The number of hydrogen-bond acceptors (Lipinski definition) is 2. The first-order valence-corrected chi connectivity index (χ1v) is 5.75. The van der Waals surface area contributed by atoms with Crippen molar-refractivity contribution < 1.29 is 13.9 Å². The molecule has 0 aliphatic heterocycles. The predicted molar refractivity (Wildman–Crippen MR) is 67.2 cm³/mol. The molecule has 2 nitrogen and oxygen atoms in total. The fraction of sp³-hybridized carbons (Fsp3) is 0.0769. The molecule has 0 amide bonds. The first-order valence-electron chi connectivity index (χ1n) is 4.96. The van der Waals surface area contributed by atoms with Crippen molar-refractivity contribution in [3.05, 3.63) is 52.8 Å². The largest absolute Gasteiger partial charge is 0.497 e. The van der Waals surface area contributed by atoms with Crippen LogP contribution in [0, 0.1) is 5.82 Å². The van der Waals surface area contributed by atoms with Crippen LogP contribution >= 0.6 is 15.9 Å². The molecule has 0 heterocycles. The van der Waals surface area contributed by atoms with Crippen molar-refractivity contribution in [3.8, 4) is 17.2 Å². The maximum absolute atomic E-state index is 13.5. The normalized spacial score (nSPS) is 10.1. The summed E-state index contributed by atoms with van der Waals surface area (Å²) in [4.78, 5) is 0. The zero-order valence-electron chi connectivity index (χ0n) is 9.11. The molecule has 0 unspecified atom stereocenters. The van der Waals surface area contributed by atoms with Crippen LogP contribution in [0.5, 0.6) is 17.2 Å².